The molecular weight excluding hydrogens is 463 g/mol. The standard InChI is InChI=1S/C27H35FN4O4/c1-19(2)27(20-7-8-23-24(15-20)36-14-4-13-35-23)30-26(34)18-32-11-9-31(10-12-32)17-25(33)29-22-6-3-5-21(28)16-22/h3,5-8,15-16,19,27H,4,9-14,17-18H2,1-2H3,(H,29,33)(H,30,34). The van der Waals surface area contributed by atoms with E-state index in [0.717, 1.165) is 23.5 Å². The minimum atomic E-state index is -0.385. The molecule has 0 saturated carbocycles. The minimum absolute atomic E-state index is 0.0295. The highest BCUT2D eigenvalue weighted by Crippen LogP contribution is 2.34. The molecule has 1 fully saturated rings. The van der Waals surface area contributed by atoms with Gasteiger partial charge in [-0.2, -0.15) is 0 Å². The summed E-state index contributed by atoms with van der Waals surface area (Å²) in [5, 5.41) is 5.92. The number of hydrogen-bond acceptors (Lipinski definition) is 6. The summed E-state index contributed by atoms with van der Waals surface area (Å²) in [4.78, 5) is 29.4. The van der Waals surface area contributed by atoms with Crippen molar-refractivity contribution < 1.29 is 23.5 Å². The van der Waals surface area contributed by atoms with Gasteiger partial charge in [-0.15, -0.1) is 0 Å². The van der Waals surface area contributed by atoms with Crippen LogP contribution < -0.4 is 20.1 Å². The molecule has 0 radical (unpaired) electrons. The van der Waals surface area contributed by atoms with Gasteiger partial charge >= 0.3 is 0 Å². The van der Waals surface area contributed by atoms with Crippen LogP contribution in [0.25, 0.3) is 0 Å². The van der Waals surface area contributed by atoms with Gasteiger partial charge in [0.25, 0.3) is 0 Å². The highest BCUT2D eigenvalue weighted by atomic mass is 19.1. The maximum Gasteiger partial charge on any atom is 0.238 e. The van der Waals surface area contributed by atoms with E-state index in [1.54, 1.807) is 12.1 Å². The number of halogens is 1. The third-order valence-corrected chi connectivity index (χ3v) is 6.42. The number of ether oxygens (including phenoxy) is 2. The van der Waals surface area contributed by atoms with Crippen LogP contribution in [0.3, 0.4) is 0 Å². The van der Waals surface area contributed by atoms with Crippen LogP contribution in [0.2, 0.25) is 0 Å². The van der Waals surface area contributed by atoms with Crippen LogP contribution in [0.5, 0.6) is 11.5 Å². The highest BCUT2D eigenvalue weighted by molar-refractivity contribution is 5.92. The predicted octanol–water partition coefficient (Wildman–Crippen LogP) is 3.06. The Morgan fingerprint density at radius 1 is 0.917 bits per heavy atom. The van der Waals surface area contributed by atoms with Crippen molar-refractivity contribution in [2.75, 3.05) is 57.8 Å². The molecule has 0 bridgehead atoms. The molecule has 0 aromatic heterocycles. The van der Waals surface area contributed by atoms with E-state index >= 15 is 0 Å². The summed E-state index contributed by atoms with van der Waals surface area (Å²) < 4.78 is 24.9. The lowest BCUT2D eigenvalue weighted by molar-refractivity contribution is -0.124. The normalized spacial score (nSPS) is 17.3. The number of nitrogens with zero attached hydrogens (tertiary/aromatic N) is 2. The number of anilines is 1. The molecule has 1 unspecified atom stereocenters. The Hall–Kier alpha value is -3.17. The quantitative estimate of drug-likeness (QED) is 0.582. The summed E-state index contributed by atoms with van der Waals surface area (Å²) in [6, 6.07) is 11.6. The zero-order chi connectivity index (χ0) is 25.5. The van der Waals surface area contributed by atoms with Gasteiger partial charge in [0, 0.05) is 38.3 Å². The molecule has 9 heteroatoms. The molecule has 194 valence electrons. The van der Waals surface area contributed by atoms with Crippen molar-refractivity contribution in [3.05, 3.63) is 53.8 Å². The largest absolute Gasteiger partial charge is 0.490 e. The van der Waals surface area contributed by atoms with Gasteiger partial charge in [0.2, 0.25) is 11.8 Å². The third kappa shape index (κ3) is 7.18. The molecule has 0 aliphatic carbocycles. The molecule has 4 rings (SSSR count). The van der Waals surface area contributed by atoms with Crippen LogP contribution in [-0.2, 0) is 9.59 Å². The lowest BCUT2D eigenvalue weighted by Crippen LogP contribution is -2.51. The Kier molecular flexibility index (Phi) is 8.77. The molecule has 2 aromatic carbocycles. The number of carbonyl (C=O) groups excluding carboxylic acids is 2. The van der Waals surface area contributed by atoms with Crippen LogP contribution in [0.4, 0.5) is 10.1 Å². The summed E-state index contributed by atoms with van der Waals surface area (Å²) in [7, 11) is 0. The fraction of sp³-hybridized carbons (Fsp3) is 0.481. The SMILES string of the molecule is CC(C)C(NC(=O)CN1CCN(CC(=O)Nc2cccc(F)c2)CC1)c1ccc2c(c1)OCCCO2. The van der Waals surface area contributed by atoms with Gasteiger partial charge in [-0.25, -0.2) is 4.39 Å². The van der Waals surface area contributed by atoms with E-state index in [4.69, 9.17) is 9.47 Å². The number of benzene rings is 2. The molecule has 1 saturated heterocycles. The summed E-state index contributed by atoms with van der Waals surface area (Å²) in [6.07, 6.45) is 0.847. The van der Waals surface area contributed by atoms with E-state index in [0.29, 0.717) is 51.6 Å². The Labute approximate surface area is 211 Å². The first-order chi connectivity index (χ1) is 17.4. The van der Waals surface area contributed by atoms with E-state index in [9.17, 15) is 14.0 Å². The number of nitrogens with one attached hydrogen (secondary N) is 2. The maximum absolute atomic E-state index is 13.3. The zero-order valence-electron chi connectivity index (χ0n) is 21.0. The molecule has 0 spiro atoms. The lowest BCUT2D eigenvalue weighted by Gasteiger charge is -2.34. The summed E-state index contributed by atoms with van der Waals surface area (Å²) in [5.41, 5.74) is 1.44. The van der Waals surface area contributed by atoms with Crippen molar-refractivity contribution in [3.8, 4) is 11.5 Å². The van der Waals surface area contributed by atoms with Crippen LogP contribution in [-0.4, -0.2) is 74.1 Å². The van der Waals surface area contributed by atoms with Gasteiger partial charge in [-0.05, 0) is 41.8 Å². The number of carbonyl (C=O) groups is 2. The number of hydrogen-bond donors (Lipinski definition) is 2. The van der Waals surface area contributed by atoms with Crippen LogP contribution in [0.15, 0.2) is 42.5 Å². The first-order valence-corrected chi connectivity index (χ1v) is 12.6. The minimum Gasteiger partial charge on any atom is -0.490 e. The van der Waals surface area contributed by atoms with Crippen LogP contribution >= 0.6 is 0 Å². The van der Waals surface area contributed by atoms with Gasteiger partial charge in [-0.1, -0.05) is 26.0 Å². The second-order valence-corrected chi connectivity index (χ2v) is 9.66. The Morgan fingerprint density at radius 2 is 1.58 bits per heavy atom. The van der Waals surface area contributed by atoms with Gasteiger partial charge in [0.1, 0.15) is 5.82 Å². The average molecular weight is 499 g/mol. The van der Waals surface area contributed by atoms with E-state index < -0.39 is 0 Å². The van der Waals surface area contributed by atoms with E-state index in [2.05, 4.69) is 29.4 Å². The van der Waals surface area contributed by atoms with Crippen molar-refractivity contribution in [2.24, 2.45) is 5.92 Å². The summed E-state index contributed by atoms with van der Waals surface area (Å²) in [5.74, 6) is 1.07. The van der Waals surface area contributed by atoms with Crippen molar-refractivity contribution in [1.82, 2.24) is 15.1 Å². The van der Waals surface area contributed by atoms with E-state index in [1.165, 1.54) is 12.1 Å². The number of rotatable bonds is 8. The molecular formula is C27H35FN4O4. The molecule has 2 aliphatic rings. The molecule has 2 aromatic rings. The van der Waals surface area contributed by atoms with Gasteiger partial charge in [0.05, 0.1) is 32.3 Å². The Bertz CT molecular complexity index is 1060. The fourth-order valence-electron chi connectivity index (χ4n) is 4.51. The van der Waals surface area contributed by atoms with Crippen molar-refractivity contribution in [2.45, 2.75) is 26.3 Å². The first kappa shape index (κ1) is 25.9. The molecule has 2 amide bonds. The van der Waals surface area contributed by atoms with Crippen LogP contribution in [0.1, 0.15) is 31.9 Å². The highest BCUT2D eigenvalue weighted by Gasteiger charge is 2.24. The van der Waals surface area contributed by atoms with E-state index in [1.807, 2.05) is 23.1 Å². The second kappa shape index (κ2) is 12.2. The predicted molar refractivity (Wildman–Crippen MR) is 136 cm³/mol. The smallest absolute Gasteiger partial charge is 0.238 e. The molecule has 36 heavy (non-hydrogen) atoms. The summed E-state index contributed by atoms with van der Waals surface area (Å²) in [6.45, 7) is 8.71. The topological polar surface area (TPSA) is 83.1 Å². The van der Waals surface area contributed by atoms with Gasteiger partial charge in [-0.3, -0.25) is 19.4 Å². The van der Waals surface area contributed by atoms with Crippen LogP contribution in [0, 0.1) is 11.7 Å². The average Bonchev–Trinajstić information content (AvgIpc) is 3.08. The van der Waals surface area contributed by atoms with Crippen molar-refractivity contribution >= 4 is 17.5 Å². The zero-order valence-corrected chi connectivity index (χ0v) is 21.0. The Morgan fingerprint density at radius 3 is 2.25 bits per heavy atom. The molecule has 1 atom stereocenters. The Balaban J connectivity index is 1.25. The number of piperazine rings is 1. The summed E-state index contributed by atoms with van der Waals surface area (Å²) >= 11 is 0. The lowest BCUT2D eigenvalue weighted by atomic mass is 9.95. The van der Waals surface area contributed by atoms with Gasteiger partial charge in [0.15, 0.2) is 11.5 Å². The molecule has 2 aliphatic heterocycles. The second-order valence-electron chi connectivity index (χ2n) is 9.66. The molecule has 2 heterocycles. The maximum atomic E-state index is 13.3. The van der Waals surface area contributed by atoms with Crippen molar-refractivity contribution in [1.29, 1.82) is 0 Å². The monoisotopic (exact) mass is 498 g/mol. The number of amides is 2. The number of fused-ring (bicyclic) bond motifs is 1. The third-order valence-electron chi connectivity index (χ3n) is 6.42. The van der Waals surface area contributed by atoms with E-state index in [-0.39, 0.29) is 36.1 Å². The fourth-order valence-corrected chi connectivity index (χ4v) is 4.51. The van der Waals surface area contributed by atoms with Crippen molar-refractivity contribution in [3.63, 3.8) is 0 Å². The van der Waals surface area contributed by atoms with Gasteiger partial charge < -0.3 is 20.1 Å². The molecule has 2 N–H and O–H groups in total. The first-order valence-electron chi connectivity index (χ1n) is 12.6. The molecule has 8 nitrogen and oxygen atoms in total.